The maximum absolute atomic E-state index is 13.4. The lowest BCUT2D eigenvalue weighted by Gasteiger charge is -2.43. The van der Waals surface area contributed by atoms with Gasteiger partial charge in [-0.2, -0.15) is 13.2 Å². The van der Waals surface area contributed by atoms with Gasteiger partial charge in [0, 0.05) is 44.7 Å². The molecule has 1 unspecified atom stereocenters. The van der Waals surface area contributed by atoms with E-state index in [-0.39, 0.29) is 5.91 Å². The molecular formula is C31H34F3N7O4. The third-order valence-electron chi connectivity index (χ3n) is 8.20. The van der Waals surface area contributed by atoms with Crippen molar-refractivity contribution in [1.29, 1.82) is 0 Å². The van der Waals surface area contributed by atoms with Gasteiger partial charge in [0.2, 0.25) is 5.91 Å². The summed E-state index contributed by atoms with van der Waals surface area (Å²) in [7, 11) is 1.56. The molecule has 1 amide bonds. The number of carbonyl (C=O) groups is 1. The Morgan fingerprint density at radius 2 is 1.89 bits per heavy atom. The summed E-state index contributed by atoms with van der Waals surface area (Å²) in [5, 5.41) is 7.67. The maximum Gasteiger partial charge on any atom is 0.416 e. The fraction of sp³-hybridized carbons (Fsp3) is 0.387. The van der Waals surface area contributed by atoms with E-state index in [1.807, 2.05) is 6.07 Å². The Labute approximate surface area is 258 Å². The van der Waals surface area contributed by atoms with Crippen LogP contribution in [0, 0.1) is 0 Å². The number of benzene rings is 2. The number of hydroxylamine groups is 1. The number of aromatic nitrogens is 2. The summed E-state index contributed by atoms with van der Waals surface area (Å²) < 4.78 is 51.3. The molecule has 0 spiro atoms. The Balaban J connectivity index is 1.25. The molecule has 1 atom stereocenters. The number of hydrogen-bond donors (Lipinski definition) is 2. The van der Waals surface area contributed by atoms with Crippen LogP contribution in [0.2, 0.25) is 0 Å². The molecule has 3 aromatic rings. The van der Waals surface area contributed by atoms with E-state index in [2.05, 4.69) is 37.0 Å². The lowest BCUT2D eigenvalue weighted by molar-refractivity contribution is -0.137. The monoisotopic (exact) mass is 625 g/mol. The highest BCUT2D eigenvalue weighted by atomic mass is 19.4. The number of amides is 1. The second kappa shape index (κ2) is 12.9. The van der Waals surface area contributed by atoms with Crippen molar-refractivity contribution >= 4 is 34.6 Å². The molecule has 3 aliphatic rings. The molecule has 1 aromatic heterocycles. The van der Waals surface area contributed by atoms with Gasteiger partial charge in [0.25, 0.3) is 0 Å². The molecule has 2 aromatic carbocycles. The minimum absolute atomic E-state index is 0.317. The molecule has 0 aliphatic carbocycles. The Morgan fingerprint density at radius 1 is 1.09 bits per heavy atom. The zero-order valence-electron chi connectivity index (χ0n) is 24.7. The number of nitrogens with zero attached hydrogens (tertiary/aromatic N) is 5. The van der Waals surface area contributed by atoms with Gasteiger partial charge in [-0.1, -0.05) is 18.7 Å². The van der Waals surface area contributed by atoms with Gasteiger partial charge in [-0.15, -0.1) is 0 Å². The van der Waals surface area contributed by atoms with Crippen molar-refractivity contribution in [2.24, 2.45) is 0 Å². The molecule has 3 fully saturated rings. The van der Waals surface area contributed by atoms with Crippen molar-refractivity contribution in [3.63, 3.8) is 0 Å². The quantitative estimate of drug-likeness (QED) is 0.323. The van der Waals surface area contributed by atoms with E-state index in [4.69, 9.17) is 14.3 Å². The van der Waals surface area contributed by atoms with E-state index < -0.39 is 17.8 Å². The summed E-state index contributed by atoms with van der Waals surface area (Å²) in [5.74, 6) is 0.934. The molecule has 0 saturated carbocycles. The number of rotatable bonds is 9. The predicted octanol–water partition coefficient (Wildman–Crippen LogP) is 4.78. The van der Waals surface area contributed by atoms with Crippen LogP contribution >= 0.6 is 0 Å². The molecule has 2 N–H and O–H groups in total. The molecular weight excluding hydrogens is 591 g/mol. The topological polar surface area (TPSA) is 104 Å². The van der Waals surface area contributed by atoms with Crippen LogP contribution < -0.4 is 25.3 Å². The van der Waals surface area contributed by atoms with E-state index in [9.17, 15) is 18.0 Å². The van der Waals surface area contributed by atoms with Crippen molar-refractivity contribution in [3.8, 4) is 5.75 Å². The molecule has 4 heterocycles. The molecule has 0 bridgehead atoms. The summed E-state index contributed by atoms with van der Waals surface area (Å²) in [4.78, 5) is 31.5. The Hall–Kier alpha value is -4.40. The first kappa shape index (κ1) is 30.6. The molecule has 3 aliphatic heterocycles. The van der Waals surface area contributed by atoms with E-state index in [0.717, 1.165) is 57.2 Å². The molecule has 11 nitrogen and oxygen atoms in total. The molecule has 3 saturated heterocycles. The van der Waals surface area contributed by atoms with Gasteiger partial charge in [0.1, 0.15) is 17.9 Å². The van der Waals surface area contributed by atoms with Crippen LogP contribution in [0.3, 0.4) is 0 Å². The van der Waals surface area contributed by atoms with Gasteiger partial charge in [0.05, 0.1) is 61.6 Å². The van der Waals surface area contributed by atoms with Crippen LogP contribution in [-0.2, 0) is 20.5 Å². The van der Waals surface area contributed by atoms with Crippen molar-refractivity contribution in [1.82, 2.24) is 14.9 Å². The number of piperazine rings is 1. The summed E-state index contributed by atoms with van der Waals surface area (Å²) in [5.41, 5.74) is 1.67. The Kier molecular flexibility index (Phi) is 8.79. The van der Waals surface area contributed by atoms with Gasteiger partial charge in [-0.3, -0.25) is 14.5 Å². The van der Waals surface area contributed by atoms with Crippen molar-refractivity contribution in [3.05, 3.63) is 72.6 Å². The second-order valence-corrected chi connectivity index (χ2v) is 11.0. The fourth-order valence-corrected chi connectivity index (χ4v) is 5.74. The molecule has 6 rings (SSSR count). The number of nitrogens with one attached hydrogen (secondary N) is 2. The number of carbonyl (C=O) groups excluding carboxylic acids is 1. The smallest absolute Gasteiger partial charge is 0.416 e. The number of anilines is 5. The van der Waals surface area contributed by atoms with Crippen LogP contribution in [0.25, 0.3) is 0 Å². The summed E-state index contributed by atoms with van der Waals surface area (Å²) in [6, 6.07) is 10.5. The minimum atomic E-state index is -4.45. The number of halogens is 3. The third-order valence-corrected chi connectivity index (χ3v) is 8.20. The first-order valence-corrected chi connectivity index (χ1v) is 14.6. The zero-order chi connectivity index (χ0) is 31.6. The third kappa shape index (κ3) is 6.67. The van der Waals surface area contributed by atoms with Gasteiger partial charge >= 0.3 is 6.18 Å². The highest BCUT2D eigenvalue weighted by Crippen LogP contribution is 2.41. The van der Waals surface area contributed by atoms with Crippen LogP contribution in [0.15, 0.2) is 61.4 Å². The minimum Gasteiger partial charge on any atom is -0.494 e. The molecule has 14 heteroatoms. The van der Waals surface area contributed by atoms with Gasteiger partial charge in [-0.25, -0.2) is 15.0 Å². The Bertz CT molecular complexity index is 1540. The summed E-state index contributed by atoms with van der Waals surface area (Å²) in [6.45, 7) is 8.69. The first-order valence-electron chi connectivity index (χ1n) is 14.6. The van der Waals surface area contributed by atoms with E-state index in [1.165, 1.54) is 23.5 Å². The number of ether oxygens (including phenoxy) is 2. The van der Waals surface area contributed by atoms with Crippen LogP contribution in [-0.4, -0.2) is 79.9 Å². The van der Waals surface area contributed by atoms with Crippen molar-refractivity contribution < 1.29 is 32.3 Å². The molecule has 45 heavy (non-hydrogen) atoms. The molecule has 238 valence electrons. The highest BCUT2D eigenvalue weighted by Gasteiger charge is 2.34. The zero-order valence-corrected chi connectivity index (χ0v) is 24.7. The van der Waals surface area contributed by atoms with Gasteiger partial charge < -0.3 is 25.0 Å². The normalized spacial score (nSPS) is 19.2. The van der Waals surface area contributed by atoms with Crippen molar-refractivity contribution in [2.75, 3.05) is 73.7 Å². The van der Waals surface area contributed by atoms with Crippen LogP contribution in [0.1, 0.15) is 23.6 Å². The number of hydrogen-bond acceptors (Lipinski definition) is 10. The van der Waals surface area contributed by atoms with Crippen molar-refractivity contribution in [2.45, 2.75) is 24.7 Å². The lowest BCUT2D eigenvalue weighted by atomic mass is 10.0. The number of alkyl halides is 3. The van der Waals surface area contributed by atoms with E-state index >= 15 is 0 Å². The SMILES string of the molecule is C=CC(=O)Nc1cc(Nc2cc(N3OCCC3c3cccc(C(F)(F)F)c3)ncn2)c(OC)cc1N1CCN(C2COC2)CC1. The van der Waals surface area contributed by atoms with E-state index in [1.54, 1.807) is 25.3 Å². The largest absolute Gasteiger partial charge is 0.494 e. The van der Waals surface area contributed by atoms with E-state index in [0.29, 0.717) is 53.4 Å². The highest BCUT2D eigenvalue weighted by molar-refractivity contribution is 6.02. The second-order valence-electron chi connectivity index (χ2n) is 11.0. The first-order chi connectivity index (χ1) is 21.7. The summed E-state index contributed by atoms with van der Waals surface area (Å²) >= 11 is 0. The van der Waals surface area contributed by atoms with Crippen LogP contribution in [0.4, 0.5) is 41.9 Å². The van der Waals surface area contributed by atoms with Gasteiger partial charge in [0.15, 0.2) is 5.82 Å². The maximum atomic E-state index is 13.4. The fourth-order valence-electron chi connectivity index (χ4n) is 5.74. The lowest BCUT2D eigenvalue weighted by Crippen LogP contribution is -2.56. The average molecular weight is 626 g/mol. The predicted molar refractivity (Wildman–Crippen MR) is 163 cm³/mol. The number of methoxy groups -OCH3 is 1. The molecule has 0 radical (unpaired) electrons. The summed E-state index contributed by atoms with van der Waals surface area (Å²) in [6.07, 6.45) is -1.41. The standard InChI is InChI=1S/C31H34F3N7O4/c1-3-30(42)38-23-14-24(27(43-2)15-26(23)40-10-8-39(9-11-40)22-17-44-18-22)37-28-16-29(36-19-35-28)41-25(7-12-45-41)20-5-4-6-21(13-20)31(32,33)34/h3-6,13-16,19,22,25H,1,7-12,17-18H2,2H3,(H,38,42)(H,35,36,37). The van der Waals surface area contributed by atoms with Gasteiger partial charge in [-0.05, 0) is 29.8 Å². The van der Waals surface area contributed by atoms with Crippen LogP contribution in [0.5, 0.6) is 5.75 Å². The Morgan fingerprint density at radius 3 is 2.58 bits per heavy atom. The average Bonchev–Trinajstić information content (AvgIpc) is 3.51.